The van der Waals surface area contributed by atoms with Gasteiger partial charge in [-0.1, -0.05) is 62.2 Å². The van der Waals surface area contributed by atoms with E-state index in [4.69, 9.17) is 4.74 Å². The van der Waals surface area contributed by atoms with Gasteiger partial charge < -0.3 is 10.1 Å². The lowest BCUT2D eigenvalue weighted by molar-refractivity contribution is -0.125. The van der Waals surface area contributed by atoms with E-state index in [-0.39, 0.29) is 24.3 Å². The molecular formula is C23H25NO4. The molecule has 1 amide bonds. The van der Waals surface area contributed by atoms with E-state index in [0.29, 0.717) is 22.6 Å². The third-order valence-electron chi connectivity index (χ3n) is 5.21. The van der Waals surface area contributed by atoms with Crippen LogP contribution in [0.5, 0.6) is 0 Å². The SMILES string of the molecule is C[C@H]1CCCC[C@H]1NC(=O)COC(=O)c1ccc(C(=O)c2ccccc2)cc1. The van der Waals surface area contributed by atoms with Crippen molar-refractivity contribution >= 4 is 17.7 Å². The zero-order chi connectivity index (χ0) is 19.9. The molecule has 0 spiro atoms. The predicted octanol–water partition coefficient (Wildman–Crippen LogP) is 3.77. The summed E-state index contributed by atoms with van der Waals surface area (Å²) in [5, 5.41) is 2.96. The maximum absolute atomic E-state index is 12.4. The molecule has 1 aliphatic rings. The number of hydrogen-bond acceptors (Lipinski definition) is 4. The number of carbonyl (C=O) groups excluding carboxylic acids is 3. The van der Waals surface area contributed by atoms with Crippen LogP contribution in [0.25, 0.3) is 0 Å². The zero-order valence-corrected chi connectivity index (χ0v) is 16.0. The van der Waals surface area contributed by atoms with Crippen molar-refractivity contribution in [2.24, 2.45) is 5.92 Å². The molecule has 2 aromatic carbocycles. The molecule has 0 aliphatic heterocycles. The van der Waals surface area contributed by atoms with Crippen LogP contribution in [-0.2, 0) is 9.53 Å². The zero-order valence-electron chi connectivity index (χ0n) is 16.0. The third kappa shape index (κ3) is 5.06. The van der Waals surface area contributed by atoms with Crippen LogP contribution < -0.4 is 5.32 Å². The lowest BCUT2D eigenvalue weighted by Crippen LogP contribution is -2.42. The molecule has 146 valence electrons. The van der Waals surface area contributed by atoms with Crippen molar-refractivity contribution in [3.8, 4) is 0 Å². The van der Waals surface area contributed by atoms with Gasteiger partial charge in [-0.3, -0.25) is 9.59 Å². The fourth-order valence-electron chi connectivity index (χ4n) is 3.51. The first kappa shape index (κ1) is 19.8. The molecule has 0 saturated heterocycles. The first-order valence-corrected chi connectivity index (χ1v) is 9.71. The first-order valence-electron chi connectivity index (χ1n) is 9.71. The van der Waals surface area contributed by atoms with Crippen molar-refractivity contribution in [2.45, 2.75) is 38.6 Å². The molecular weight excluding hydrogens is 354 g/mol. The second-order valence-corrected chi connectivity index (χ2v) is 7.28. The Kier molecular flexibility index (Phi) is 6.58. The van der Waals surface area contributed by atoms with Crippen LogP contribution in [0.1, 0.15) is 58.9 Å². The van der Waals surface area contributed by atoms with E-state index >= 15 is 0 Å². The van der Waals surface area contributed by atoms with Crippen molar-refractivity contribution in [3.63, 3.8) is 0 Å². The normalized spacial score (nSPS) is 18.9. The summed E-state index contributed by atoms with van der Waals surface area (Å²) in [4.78, 5) is 36.6. The highest BCUT2D eigenvalue weighted by Crippen LogP contribution is 2.23. The maximum Gasteiger partial charge on any atom is 0.338 e. The van der Waals surface area contributed by atoms with Crippen molar-refractivity contribution < 1.29 is 19.1 Å². The van der Waals surface area contributed by atoms with E-state index in [1.165, 1.54) is 6.42 Å². The number of hydrogen-bond donors (Lipinski definition) is 1. The van der Waals surface area contributed by atoms with Gasteiger partial charge in [0.25, 0.3) is 5.91 Å². The Labute approximate surface area is 165 Å². The molecule has 1 saturated carbocycles. The summed E-state index contributed by atoms with van der Waals surface area (Å²) in [5.41, 5.74) is 1.39. The molecule has 1 N–H and O–H groups in total. The molecule has 0 unspecified atom stereocenters. The number of carbonyl (C=O) groups is 3. The second kappa shape index (κ2) is 9.31. The van der Waals surface area contributed by atoms with Gasteiger partial charge in [-0.25, -0.2) is 4.79 Å². The molecule has 2 atom stereocenters. The van der Waals surface area contributed by atoms with Crippen LogP contribution in [0, 0.1) is 5.92 Å². The number of rotatable bonds is 6. The van der Waals surface area contributed by atoms with E-state index in [1.54, 1.807) is 48.5 Å². The van der Waals surface area contributed by atoms with E-state index in [0.717, 1.165) is 19.3 Å². The van der Waals surface area contributed by atoms with Crippen molar-refractivity contribution in [1.29, 1.82) is 0 Å². The highest BCUT2D eigenvalue weighted by Gasteiger charge is 2.23. The Hall–Kier alpha value is -2.95. The fraction of sp³-hybridized carbons (Fsp3) is 0.348. The highest BCUT2D eigenvalue weighted by molar-refractivity contribution is 6.09. The summed E-state index contributed by atoms with van der Waals surface area (Å²) in [7, 11) is 0. The van der Waals surface area contributed by atoms with Gasteiger partial charge in [0.05, 0.1) is 5.56 Å². The van der Waals surface area contributed by atoms with Crippen LogP contribution in [0.4, 0.5) is 0 Å². The Morgan fingerprint density at radius 1 is 0.893 bits per heavy atom. The van der Waals surface area contributed by atoms with Gasteiger partial charge in [-0.2, -0.15) is 0 Å². The Balaban J connectivity index is 1.52. The molecule has 2 aromatic rings. The number of nitrogens with one attached hydrogen (secondary N) is 1. The highest BCUT2D eigenvalue weighted by atomic mass is 16.5. The molecule has 3 rings (SSSR count). The quantitative estimate of drug-likeness (QED) is 0.613. The summed E-state index contributed by atoms with van der Waals surface area (Å²) in [6.07, 6.45) is 4.39. The monoisotopic (exact) mass is 379 g/mol. The molecule has 5 heteroatoms. The van der Waals surface area contributed by atoms with Crippen LogP contribution in [-0.4, -0.2) is 30.3 Å². The number of ketones is 1. The molecule has 1 fully saturated rings. The standard InChI is InChI=1S/C23H25NO4/c1-16-7-5-6-10-20(16)24-21(25)15-28-23(27)19-13-11-18(12-14-19)22(26)17-8-3-2-4-9-17/h2-4,8-9,11-14,16,20H,5-7,10,15H2,1H3,(H,24,25)/t16-,20+/m0/s1. The van der Waals surface area contributed by atoms with Gasteiger partial charge in [0, 0.05) is 17.2 Å². The van der Waals surface area contributed by atoms with Crippen LogP contribution in [0.3, 0.4) is 0 Å². The van der Waals surface area contributed by atoms with E-state index < -0.39 is 5.97 Å². The average molecular weight is 379 g/mol. The average Bonchev–Trinajstić information content (AvgIpc) is 2.74. The van der Waals surface area contributed by atoms with E-state index in [2.05, 4.69) is 12.2 Å². The molecule has 0 heterocycles. The molecule has 5 nitrogen and oxygen atoms in total. The van der Waals surface area contributed by atoms with Gasteiger partial charge in [-0.05, 0) is 30.9 Å². The summed E-state index contributed by atoms with van der Waals surface area (Å²) in [6, 6.07) is 15.4. The van der Waals surface area contributed by atoms with E-state index in [9.17, 15) is 14.4 Å². The lowest BCUT2D eigenvalue weighted by Gasteiger charge is -2.29. The third-order valence-corrected chi connectivity index (χ3v) is 5.21. The van der Waals surface area contributed by atoms with Gasteiger partial charge >= 0.3 is 5.97 Å². The summed E-state index contributed by atoms with van der Waals surface area (Å²) < 4.78 is 5.12. The van der Waals surface area contributed by atoms with Crippen LogP contribution >= 0.6 is 0 Å². The number of ether oxygens (including phenoxy) is 1. The number of esters is 1. The second-order valence-electron chi connectivity index (χ2n) is 7.28. The summed E-state index contributed by atoms with van der Waals surface area (Å²) in [6.45, 7) is 1.83. The predicted molar refractivity (Wildman–Crippen MR) is 106 cm³/mol. The van der Waals surface area contributed by atoms with Crippen molar-refractivity contribution in [3.05, 3.63) is 71.3 Å². The molecule has 0 bridgehead atoms. The minimum atomic E-state index is -0.578. The summed E-state index contributed by atoms with van der Waals surface area (Å²) >= 11 is 0. The molecule has 0 aromatic heterocycles. The first-order chi connectivity index (χ1) is 13.5. The smallest absolute Gasteiger partial charge is 0.338 e. The van der Waals surface area contributed by atoms with E-state index in [1.807, 2.05) is 6.07 Å². The Morgan fingerprint density at radius 2 is 1.50 bits per heavy atom. The molecule has 0 radical (unpaired) electrons. The fourth-order valence-corrected chi connectivity index (χ4v) is 3.51. The molecule has 1 aliphatic carbocycles. The topological polar surface area (TPSA) is 72.5 Å². The van der Waals surface area contributed by atoms with Gasteiger partial charge in [0.1, 0.15) is 0 Å². The van der Waals surface area contributed by atoms with Gasteiger partial charge in [0.15, 0.2) is 12.4 Å². The Morgan fingerprint density at radius 3 is 2.18 bits per heavy atom. The molecule has 28 heavy (non-hydrogen) atoms. The Bertz CT molecular complexity index is 829. The number of benzene rings is 2. The minimum Gasteiger partial charge on any atom is -0.452 e. The van der Waals surface area contributed by atoms with Crippen LogP contribution in [0.15, 0.2) is 54.6 Å². The number of amides is 1. The van der Waals surface area contributed by atoms with Gasteiger partial charge in [-0.15, -0.1) is 0 Å². The van der Waals surface area contributed by atoms with Gasteiger partial charge in [0.2, 0.25) is 0 Å². The summed E-state index contributed by atoms with van der Waals surface area (Å²) in [5.74, 6) is -0.516. The minimum absolute atomic E-state index is 0.110. The maximum atomic E-state index is 12.4. The van der Waals surface area contributed by atoms with Crippen molar-refractivity contribution in [2.75, 3.05) is 6.61 Å². The lowest BCUT2D eigenvalue weighted by atomic mass is 9.86. The largest absolute Gasteiger partial charge is 0.452 e. The van der Waals surface area contributed by atoms with Crippen molar-refractivity contribution in [1.82, 2.24) is 5.32 Å². The van der Waals surface area contributed by atoms with Crippen LogP contribution in [0.2, 0.25) is 0 Å².